The van der Waals surface area contributed by atoms with Crippen LogP contribution in [0, 0.1) is 29.6 Å². The predicted molar refractivity (Wildman–Crippen MR) is 106 cm³/mol. The predicted octanol–water partition coefficient (Wildman–Crippen LogP) is 4.17. The Bertz CT molecular complexity index is 1040. The molecule has 0 amide bonds. The zero-order chi connectivity index (χ0) is 19.9. The summed E-state index contributed by atoms with van der Waals surface area (Å²) >= 11 is 6.01. The van der Waals surface area contributed by atoms with E-state index >= 15 is 0 Å². The molecule has 7 heteroatoms. The Kier molecular flexibility index (Phi) is 6.29. The third-order valence-electron chi connectivity index (χ3n) is 4.08. The van der Waals surface area contributed by atoms with Crippen molar-refractivity contribution in [2.45, 2.75) is 20.0 Å². The Labute approximate surface area is 168 Å². The van der Waals surface area contributed by atoms with E-state index in [1.54, 1.807) is 29.1 Å². The van der Waals surface area contributed by atoms with E-state index in [1.165, 1.54) is 5.56 Å². The molecule has 28 heavy (non-hydrogen) atoms. The van der Waals surface area contributed by atoms with Crippen molar-refractivity contribution in [2.24, 2.45) is 0 Å². The first-order valence-electron chi connectivity index (χ1n) is 8.70. The number of hydrogen-bond donors (Lipinski definition) is 1. The number of nitriles is 2. The third-order valence-corrected chi connectivity index (χ3v) is 4.30. The van der Waals surface area contributed by atoms with Crippen molar-refractivity contribution < 1.29 is 4.74 Å². The average Bonchev–Trinajstić information content (AvgIpc) is 3.04. The van der Waals surface area contributed by atoms with Gasteiger partial charge in [-0.25, -0.2) is 0 Å². The Morgan fingerprint density at radius 2 is 1.86 bits per heavy atom. The van der Waals surface area contributed by atoms with Crippen LogP contribution in [0.2, 0.25) is 5.02 Å². The lowest BCUT2D eigenvalue weighted by molar-refractivity contribution is 0.474. The van der Waals surface area contributed by atoms with Gasteiger partial charge in [0, 0.05) is 11.6 Å². The van der Waals surface area contributed by atoms with E-state index in [9.17, 15) is 0 Å². The smallest absolute Gasteiger partial charge is 0.168 e. The van der Waals surface area contributed by atoms with Gasteiger partial charge in [-0.3, -0.25) is 10.00 Å². The summed E-state index contributed by atoms with van der Waals surface area (Å²) in [5.74, 6) is 1.11. The van der Waals surface area contributed by atoms with Crippen LogP contribution in [0.5, 0.6) is 11.5 Å². The minimum Gasteiger partial charge on any atom is -0.454 e. The van der Waals surface area contributed by atoms with E-state index in [0.717, 1.165) is 18.7 Å². The van der Waals surface area contributed by atoms with Crippen LogP contribution >= 0.6 is 11.6 Å². The molecule has 0 unspecified atom stereocenters. The SMILES string of the molecule is Cc1nn(CNCCc2ccc(C#N)cc2)cc1Oc1cc(Cl)cc(C#N)c1. The number of hydrogen-bond acceptors (Lipinski definition) is 5. The summed E-state index contributed by atoms with van der Waals surface area (Å²) in [6.45, 7) is 3.18. The second kappa shape index (κ2) is 9.05. The minimum atomic E-state index is 0.442. The van der Waals surface area contributed by atoms with Gasteiger partial charge in [0.15, 0.2) is 5.75 Å². The Balaban J connectivity index is 1.54. The van der Waals surface area contributed by atoms with E-state index in [4.69, 9.17) is 26.9 Å². The number of benzene rings is 2. The van der Waals surface area contributed by atoms with Gasteiger partial charge in [-0.2, -0.15) is 15.6 Å². The Hall–Kier alpha value is -3.32. The van der Waals surface area contributed by atoms with Crippen LogP contribution in [0.4, 0.5) is 0 Å². The summed E-state index contributed by atoms with van der Waals surface area (Å²) in [6, 6.07) is 16.6. The van der Waals surface area contributed by atoms with Gasteiger partial charge in [0.1, 0.15) is 11.4 Å². The maximum Gasteiger partial charge on any atom is 0.168 e. The number of rotatable bonds is 7. The molecule has 0 aliphatic heterocycles. The van der Waals surface area contributed by atoms with Crippen molar-refractivity contribution in [1.82, 2.24) is 15.1 Å². The zero-order valence-corrected chi connectivity index (χ0v) is 16.1. The highest BCUT2D eigenvalue weighted by atomic mass is 35.5. The van der Waals surface area contributed by atoms with Crippen molar-refractivity contribution in [1.29, 1.82) is 10.5 Å². The van der Waals surface area contributed by atoms with Crippen LogP contribution in [0.3, 0.4) is 0 Å². The molecule has 140 valence electrons. The summed E-state index contributed by atoms with van der Waals surface area (Å²) in [5.41, 5.74) is 3.02. The third kappa shape index (κ3) is 5.11. The maximum absolute atomic E-state index is 9.04. The van der Waals surface area contributed by atoms with Crippen molar-refractivity contribution in [2.75, 3.05) is 6.54 Å². The molecule has 0 bridgehead atoms. The van der Waals surface area contributed by atoms with Crippen LogP contribution in [-0.2, 0) is 13.1 Å². The van der Waals surface area contributed by atoms with Crippen LogP contribution in [0.25, 0.3) is 0 Å². The van der Waals surface area contributed by atoms with Crippen LogP contribution in [-0.4, -0.2) is 16.3 Å². The monoisotopic (exact) mass is 391 g/mol. The zero-order valence-electron chi connectivity index (χ0n) is 15.3. The Morgan fingerprint density at radius 3 is 2.57 bits per heavy atom. The number of aromatic nitrogens is 2. The van der Waals surface area contributed by atoms with E-state index in [1.807, 2.05) is 31.2 Å². The first-order chi connectivity index (χ1) is 13.6. The van der Waals surface area contributed by atoms with E-state index in [0.29, 0.717) is 34.3 Å². The summed E-state index contributed by atoms with van der Waals surface area (Å²) in [4.78, 5) is 0. The largest absolute Gasteiger partial charge is 0.454 e. The highest BCUT2D eigenvalue weighted by Gasteiger charge is 2.09. The highest BCUT2D eigenvalue weighted by Crippen LogP contribution is 2.27. The first kappa shape index (κ1) is 19.4. The van der Waals surface area contributed by atoms with Crippen LogP contribution in [0.1, 0.15) is 22.4 Å². The molecule has 0 radical (unpaired) electrons. The van der Waals surface area contributed by atoms with E-state index < -0.39 is 0 Å². The number of ether oxygens (including phenoxy) is 1. The highest BCUT2D eigenvalue weighted by molar-refractivity contribution is 6.30. The summed E-state index contributed by atoms with van der Waals surface area (Å²) in [5, 5.41) is 26.1. The average molecular weight is 392 g/mol. The quantitative estimate of drug-likeness (QED) is 0.611. The van der Waals surface area contributed by atoms with Crippen molar-refractivity contribution in [3.63, 3.8) is 0 Å². The molecule has 0 aliphatic carbocycles. The van der Waals surface area contributed by atoms with E-state index in [2.05, 4.69) is 22.6 Å². The van der Waals surface area contributed by atoms with Crippen LogP contribution < -0.4 is 10.1 Å². The number of nitrogens with zero attached hydrogens (tertiary/aromatic N) is 4. The molecule has 0 saturated carbocycles. The lowest BCUT2D eigenvalue weighted by atomic mass is 10.1. The molecule has 0 saturated heterocycles. The number of nitrogens with one attached hydrogen (secondary N) is 1. The van der Waals surface area contributed by atoms with Gasteiger partial charge < -0.3 is 4.74 Å². The molecule has 3 rings (SSSR count). The Morgan fingerprint density at radius 1 is 1.11 bits per heavy atom. The molecule has 2 aromatic carbocycles. The molecule has 1 N–H and O–H groups in total. The molecule has 1 heterocycles. The fourth-order valence-electron chi connectivity index (χ4n) is 2.67. The molecular weight excluding hydrogens is 374 g/mol. The normalized spacial score (nSPS) is 10.3. The summed E-state index contributed by atoms with van der Waals surface area (Å²) in [6.07, 6.45) is 2.66. The lowest BCUT2D eigenvalue weighted by Gasteiger charge is -2.06. The molecule has 1 aromatic heterocycles. The molecule has 0 fully saturated rings. The standard InChI is InChI=1S/C21H18ClN5O/c1-15-21(28-20-9-18(12-24)8-19(22)10-20)13-27(26-15)14-25-7-6-16-2-4-17(11-23)5-3-16/h2-5,8-10,13,25H,6-7,14H2,1H3. The molecule has 0 aliphatic rings. The number of halogens is 1. The fraction of sp³-hybridized carbons (Fsp3) is 0.190. The second-order valence-corrected chi connectivity index (χ2v) is 6.66. The molecule has 6 nitrogen and oxygen atoms in total. The van der Waals surface area contributed by atoms with Crippen LogP contribution in [0.15, 0.2) is 48.7 Å². The van der Waals surface area contributed by atoms with Gasteiger partial charge in [-0.15, -0.1) is 0 Å². The van der Waals surface area contributed by atoms with Gasteiger partial charge in [0.05, 0.1) is 36.1 Å². The molecule has 0 atom stereocenters. The molecule has 0 spiro atoms. The van der Waals surface area contributed by atoms with Gasteiger partial charge in [0.25, 0.3) is 0 Å². The van der Waals surface area contributed by atoms with Gasteiger partial charge in [-0.05, 0) is 49.2 Å². The fourth-order valence-corrected chi connectivity index (χ4v) is 2.89. The topological polar surface area (TPSA) is 86.7 Å². The maximum atomic E-state index is 9.04. The molecule has 3 aromatic rings. The molecular formula is C21H18ClN5O. The number of aryl methyl sites for hydroxylation is 1. The van der Waals surface area contributed by atoms with Gasteiger partial charge in [0.2, 0.25) is 0 Å². The second-order valence-electron chi connectivity index (χ2n) is 6.22. The first-order valence-corrected chi connectivity index (χ1v) is 9.07. The van der Waals surface area contributed by atoms with Crippen molar-refractivity contribution in [3.05, 3.63) is 76.1 Å². The van der Waals surface area contributed by atoms with Crippen molar-refractivity contribution >= 4 is 11.6 Å². The minimum absolute atomic E-state index is 0.442. The van der Waals surface area contributed by atoms with E-state index in [-0.39, 0.29) is 0 Å². The summed E-state index contributed by atoms with van der Waals surface area (Å²) < 4.78 is 7.60. The van der Waals surface area contributed by atoms with Crippen molar-refractivity contribution in [3.8, 4) is 23.6 Å². The van der Waals surface area contributed by atoms with Gasteiger partial charge in [-0.1, -0.05) is 23.7 Å². The lowest BCUT2D eigenvalue weighted by Crippen LogP contribution is -2.21. The summed E-state index contributed by atoms with van der Waals surface area (Å²) in [7, 11) is 0. The van der Waals surface area contributed by atoms with Gasteiger partial charge >= 0.3 is 0 Å².